The van der Waals surface area contributed by atoms with Crippen LogP contribution in [0.2, 0.25) is 0 Å². The SMILES string of the molecule is CCOc1ccc(Br)cc1S(=O)(=O)Nc1ccc(Oc2cc(-n3cccn3)ncn2)cc1. The van der Waals surface area contributed by atoms with Crippen molar-refractivity contribution in [1.82, 2.24) is 19.7 Å². The molecule has 4 rings (SSSR count). The molecule has 4 aromatic rings. The number of aromatic nitrogens is 4. The van der Waals surface area contributed by atoms with Gasteiger partial charge in [0.15, 0.2) is 5.82 Å². The van der Waals surface area contributed by atoms with Gasteiger partial charge < -0.3 is 9.47 Å². The molecule has 0 saturated heterocycles. The lowest BCUT2D eigenvalue weighted by Crippen LogP contribution is -2.14. The van der Waals surface area contributed by atoms with Crippen LogP contribution in [0.1, 0.15) is 6.92 Å². The van der Waals surface area contributed by atoms with Crippen LogP contribution in [0, 0.1) is 0 Å². The predicted molar refractivity (Wildman–Crippen MR) is 122 cm³/mol. The highest BCUT2D eigenvalue weighted by Crippen LogP contribution is 2.30. The van der Waals surface area contributed by atoms with Crippen molar-refractivity contribution in [3.05, 3.63) is 77.8 Å². The highest BCUT2D eigenvalue weighted by molar-refractivity contribution is 9.10. The maximum Gasteiger partial charge on any atom is 0.265 e. The molecule has 164 valence electrons. The number of anilines is 1. The van der Waals surface area contributed by atoms with E-state index in [1.807, 2.05) is 0 Å². The Labute approximate surface area is 193 Å². The van der Waals surface area contributed by atoms with E-state index >= 15 is 0 Å². The molecule has 0 atom stereocenters. The number of ether oxygens (including phenoxy) is 2. The van der Waals surface area contributed by atoms with Crippen molar-refractivity contribution in [3.8, 4) is 23.2 Å². The van der Waals surface area contributed by atoms with Crippen LogP contribution in [0.3, 0.4) is 0 Å². The van der Waals surface area contributed by atoms with Crippen molar-refractivity contribution >= 4 is 31.6 Å². The molecule has 0 aliphatic carbocycles. The first-order valence-electron chi connectivity index (χ1n) is 9.50. The summed E-state index contributed by atoms with van der Waals surface area (Å²) in [6.45, 7) is 2.14. The number of halogens is 1. The molecule has 32 heavy (non-hydrogen) atoms. The highest BCUT2D eigenvalue weighted by atomic mass is 79.9. The predicted octanol–water partition coefficient (Wildman–Crippen LogP) is 4.42. The fourth-order valence-corrected chi connectivity index (χ4v) is 4.55. The van der Waals surface area contributed by atoms with Crippen LogP contribution in [0.15, 0.2) is 82.7 Å². The van der Waals surface area contributed by atoms with Gasteiger partial charge in [-0.2, -0.15) is 5.10 Å². The molecule has 2 aromatic heterocycles. The van der Waals surface area contributed by atoms with Crippen LogP contribution >= 0.6 is 15.9 Å². The number of nitrogens with one attached hydrogen (secondary N) is 1. The van der Waals surface area contributed by atoms with Gasteiger partial charge in [-0.15, -0.1) is 0 Å². The molecule has 0 radical (unpaired) electrons. The number of nitrogens with zero attached hydrogens (tertiary/aromatic N) is 4. The van der Waals surface area contributed by atoms with Crippen LogP contribution in [-0.4, -0.2) is 34.8 Å². The van der Waals surface area contributed by atoms with Crippen LogP contribution in [0.5, 0.6) is 17.4 Å². The fraction of sp³-hybridized carbons (Fsp3) is 0.0952. The van der Waals surface area contributed by atoms with E-state index in [4.69, 9.17) is 9.47 Å². The summed E-state index contributed by atoms with van der Waals surface area (Å²) in [5, 5.41) is 4.12. The van der Waals surface area contributed by atoms with Crippen molar-refractivity contribution in [1.29, 1.82) is 0 Å². The zero-order valence-corrected chi connectivity index (χ0v) is 19.2. The second kappa shape index (κ2) is 9.37. The molecular weight excluding hydrogens is 498 g/mol. The van der Waals surface area contributed by atoms with Crippen molar-refractivity contribution < 1.29 is 17.9 Å². The maximum atomic E-state index is 12.9. The number of hydrogen-bond donors (Lipinski definition) is 1. The van der Waals surface area contributed by atoms with E-state index in [0.717, 1.165) is 0 Å². The Hall–Kier alpha value is -3.44. The van der Waals surface area contributed by atoms with E-state index in [-0.39, 0.29) is 10.6 Å². The Bertz CT molecular complexity index is 1310. The molecule has 2 heterocycles. The van der Waals surface area contributed by atoms with Gasteiger partial charge in [-0.1, -0.05) is 15.9 Å². The Balaban J connectivity index is 1.50. The van der Waals surface area contributed by atoms with Gasteiger partial charge in [0.25, 0.3) is 10.0 Å². The minimum atomic E-state index is -3.87. The quantitative estimate of drug-likeness (QED) is 0.370. The topological polar surface area (TPSA) is 108 Å². The van der Waals surface area contributed by atoms with Crippen LogP contribution < -0.4 is 14.2 Å². The molecule has 1 N–H and O–H groups in total. The van der Waals surface area contributed by atoms with Gasteiger partial charge >= 0.3 is 0 Å². The number of sulfonamides is 1. The summed E-state index contributed by atoms with van der Waals surface area (Å²) >= 11 is 3.30. The van der Waals surface area contributed by atoms with E-state index in [1.165, 1.54) is 12.4 Å². The van der Waals surface area contributed by atoms with Crippen molar-refractivity contribution in [2.24, 2.45) is 0 Å². The van der Waals surface area contributed by atoms with E-state index in [0.29, 0.717) is 34.2 Å². The summed E-state index contributed by atoms with van der Waals surface area (Å²) in [5.41, 5.74) is 0.375. The Morgan fingerprint density at radius 1 is 1.09 bits per heavy atom. The average Bonchev–Trinajstić information content (AvgIpc) is 3.32. The smallest absolute Gasteiger partial charge is 0.265 e. The maximum absolute atomic E-state index is 12.9. The molecule has 0 bridgehead atoms. The van der Waals surface area contributed by atoms with Gasteiger partial charge in [-0.05, 0) is 55.5 Å². The Morgan fingerprint density at radius 3 is 2.62 bits per heavy atom. The molecule has 0 aliphatic rings. The summed E-state index contributed by atoms with van der Waals surface area (Å²) in [7, 11) is -3.87. The fourth-order valence-electron chi connectivity index (χ4n) is 2.80. The number of benzene rings is 2. The monoisotopic (exact) mass is 515 g/mol. The minimum Gasteiger partial charge on any atom is -0.492 e. The lowest BCUT2D eigenvalue weighted by molar-refractivity contribution is 0.331. The highest BCUT2D eigenvalue weighted by Gasteiger charge is 2.20. The summed E-state index contributed by atoms with van der Waals surface area (Å²) in [6, 6.07) is 14.7. The molecule has 0 aliphatic heterocycles. The normalized spacial score (nSPS) is 11.2. The van der Waals surface area contributed by atoms with Gasteiger partial charge in [-0.3, -0.25) is 4.72 Å². The molecule has 0 fully saturated rings. The van der Waals surface area contributed by atoms with Crippen molar-refractivity contribution in [2.45, 2.75) is 11.8 Å². The first-order valence-corrected chi connectivity index (χ1v) is 11.8. The number of rotatable bonds is 8. The third-order valence-electron chi connectivity index (χ3n) is 4.19. The third kappa shape index (κ3) is 5.06. The van der Waals surface area contributed by atoms with Crippen molar-refractivity contribution in [3.63, 3.8) is 0 Å². The third-order valence-corrected chi connectivity index (χ3v) is 6.09. The summed E-state index contributed by atoms with van der Waals surface area (Å²) < 4.78 is 41.8. The Kier molecular flexibility index (Phi) is 6.37. The second-order valence-corrected chi connectivity index (χ2v) is 8.99. The van der Waals surface area contributed by atoms with Gasteiger partial charge in [0.05, 0.1) is 6.61 Å². The summed E-state index contributed by atoms with van der Waals surface area (Å²) in [5.74, 6) is 1.65. The van der Waals surface area contributed by atoms with Gasteiger partial charge in [-0.25, -0.2) is 23.1 Å². The van der Waals surface area contributed by atoms with Crippen LogP contribution in [0.25, 0.3) is 5.82 Å². The van der Waals surface area contributed by atoms with E-state index in [1.54, 1.807) is 72.5 Å². The van der Waals surface area contributed by atoms with E-state index in [2.05, 4.69) is 35.7 Å². The lowest BCUT2D eigenvalue weighted by Gasteiger charge is -2.13. The summed E-state index contributed by atoms with van der Waals surface area (Å²) in [4.78, 5) is 8.29. The van der Waals surface area contributed by atoms with Gasteiger partial charge in [0, 0.05) is 28.6 Å². The molecule has 0 amide bonds. The summed E-state index contributed by atoms with van der Waals surface area (Å²) in [6.07, 6.45) is 4.78. The molecule has 0 unspecified atom stereocenters. The van der Waals surface area contributed by atoms with Crippen LogP contribution in [-0.2, 0) is 10.0 Å². The molecule has 9 nitrogen and oxygen atoms in total. The van der Waals surface area contributed by atoms with E-state index < -0.39 is 10.0 Å². The minimum absolute atomic E-state index is 0.0428. The molecule has 2 aromatic carbocycles. The largest absolute Gasteiger partial charge is 0.492 e. The standard InChI is InChI=1S/C21H18BrN5O4S/c1-2-30-18-9-4-15(22)12-19(18)32(28,29)26-16-5-7-17(8-6-16)31-21-13-20(23-14-24-21)27-11-3-10-25-27/h3-14,26H,2H2,1H3. The lowest BCUT2D eigenvalue weighted by atomic mass is 10.3. The van der Waals surface area contributed by atoms with Gasteiger partial charge in [0.1, 0.15) is 22.7 Å². The molecule has 11 heteroatoms. The molecular formula is C21H18BrN5O4S. The van der Waals surface area contributed by atoms with Crippen molar-refractivity contribution in [2.75, 3.05) is 11.3 Å². The number of hydrogen-bond acceptors (Lipinski definition) is 7. The van der Waals surface area contributed by atoms with Gasteiger partial charge in [0.2, 0.25) is 5.88 Å². The van der Waals surface area contributed by atoms with E-state index in [9.17, 15) is 8.42 Å². The first-order chi connectivity index (χ1) is 15.4. The first kappa shape index (κ1) is 21.8. The second-order valence-electron chi connectivity index (χ2n) is 6.42. The zero-order chi connectivity index (χ0) is 22.6. The molecule has 0 spiro atoms. The average molecular weight is 516 g/mol. The Morgan fingerprint density at radius 2 is 1.91 bits per heavy atom. The molecule has 0 saturated carbocycles. The van der Waals surface area contributed by atoms with Crippen LogP contribution in [0.4, 0.5) is 5.69 Å². The zero-order valence-electron chi connectivity index (χ0n) is 16.8.